The highest BCUT2D eigenvalue weighted by Gasteiger charge is 2.10. The first kappa shape index (κ1) is 22.0. The third kappa shape index (κ3) is 5.00. The van der Waals surface area contributed by atoms with E-state index in [1.54, 1.807) is 19.3 Å². The predicted octanol–water partition coefficient (Wildman–Crippen LogP) is 4.57. The molecule has 164 valence electrons. The SMILES string of the molecule is COc1cc(/C=c2/sc3nc(/C=C/c4ccc(Cl)cc4)nn3c2=O)ccc1OCC(C)C. The average Bonchev–Trinajstić information content (AvgIpc) is 3.31. The van der Waals surface area contributed by atoms with E-state index in [2.05, 4.69) is 23.9 Å². The van der Waals surface area contributed by atoms with Crippen LogP contribution in [0.4, 0.5) is 0 Å². The van der Waals surface area contributed by atoms with Crippen LogP contribution in [0.2, 0.25) is 5.02 Å². The quantitative estimate of drug-likeness (QED) is 0.398. The topological polar surface area (TPSA) is 65.7 Å². The van der Waals surface area contributed by atoms with E-state index in [0.29, 0.717) is 44.4 Å². The van der Waals surface area contributed by atoms with Crippen molar-refractivity contribution in [1.82, 2.24) is 14.6 Å². The Morgan fingerprint density at radius 1 is 1.09 bits per heavy atom. The second-order valence-electron chi connectivity index (χ2n) is 7.58. The maximum atomic E-state index is 12.8. The third-order valence-electron chi connectivity index (χ3n) is 4.55. The van der Waals surface area contributed by atoms with Crippen LogP contribution in [-0.4, -0.2) is 28.3 Å². The second-order valence-corrected chi connectivity index (χ2v) is 9.03. The van der Waals surface area contributed by atoms with Crippen LogP contribution in [0.25, 0.3) is 23.2 Å². The van der Waals surface area contributed by atoms with Gasteiger partial charge in [0.1, 0.15) is 0 Å². The molecule has 4 aromatic rings. The zero-order chi connectivity index (χ0) is 22.7. The van der Waals surface area contributed by atoms with Gasteiger partial charge in [0.25, 0.3) is 5.56 Å². The van der Waals surface area contributed by atoms with E-state index >= 15 is 0 Å². The highest BCUT2D eigenvalue weighted by Crippen LogP contribution is 2.28. The average molecular weight is 468 g/mol. The summed E-state index contributed by atoms with van der Waals surface area (Å²) in [5.74, 6) is 2.19. The molecule has 2 heterocycles. The zero-order valence-corrected chi connectivity index (χ0v) is 19.5. The number of nitrogens with zero attached hydrogens (tertiary/aromatic N) is 3. The van der Waals surface area contributed by atoms with Gasteiger partial charge in [-0.1, -0.05) is 61.1 Å². The van der Waals surface area contributed by atoms with E-state index in [9.17, 15) is 4.79 Å². The molecule has 32 heavy (non-hydrogen) atoms. The van der Waals surface area contributed by atoms with E-state index < -0.39 is 0 Å². The molecule has 0 aliphatic carbocycles. The van der Waals surface area contributed by atoms with Crippen LogP contribution in [-0.2, 0) is 0 Å². The fourth-order valence-electron chi connectivity index (χ4n) is 2.97. The van der Waals surface area contributed by atoms with E-state index in [1.165, 1.54) is 15.9 Å². The molecular formula is C24H22ClN3O3S. The van der Waals surface area contributed by atoms with Crippen molar-refractivity contribution in [2.75, 3.05) is 13.7 Å². The van der Waals surface area contributed by atoms with Crippen molar-refractivity contribution in [3.05, 3.63) is 79.3 Å². The summed E-state index contributed by atoms with van der Waals surface area (Å²) in [6.45, 7) is 4.78. The van der Waals surface area contributed by atoms with Crippen LogP contribution < -0.4 is 19.6 Å². The molecule has 2 aromatic carbocycles. The molecule has 0 saturated heterocycles. The van der Waals surface area contributed by atoms with Crippen LogP contribution in [0.5, 0.6) is 11.5 Å². The summed E-state index contributed by atoms with van der Waals surface area (Å²) in [5, 5.41) is 5.00. The van der Waals surface area contributed by atoms with Gasteiger partial charge in [-0.05, 0) is 53.5 Å². The lowest BCUT2D eigenvalue weighted by molar-refractivity contribution is 0.257. The number of benzene rings is 2. The lowest BCUT2D eigenvalue weighted by Crippen LogP contribution is -2.23. The molecule has 0 saturated carbocycles. The Morgan fingerprint density at radius 3 is 2.53 bits per heavy atom. The minimum atomic E-state index is -0.206. The predicted molar refractivity (Wildman–Crippen MR) is 130 cm³/mol. The summed E-state index contributed by atoms with van der Waals surface area (Å²) >= 11 is 7.20. The Bertz CT molecular complexity index is 1370. The number of aromatic nitrogens is 3. The van der Waals surface area contributed by atoms with Gasteiger partial charge in [0.15, 0.2) is 17.3 Å². The van der Waals surface area contributed by atoms with E-state index in [4.69, 9.17) is 21.1 Å². The number of methoxy groups -OCH3 is 1. The number of hydrogen-bond donors (Lipinski definition) is 0. The summed E-state index contributed by atoms with van der Waals surface area (Å²) in [5.41, 5.74) is 1.60. The normalized spacial score (nSPS) is 12.3. The van der Waals surface area contributed by atoms with Gasteiger partial charge in [-0.3, -0.25) is 4.79 Å². The molecule has 0 atom stereocenters. The van der Waals surface area contributed by atoms with Gasteiger partial charge in [-0.25, -0.2) is 0 Å². The maximum absolute atomic E-state index is 12.8. The smallest absolute Gasteiger partial charge is 0.291 e. The first-order valence-corrected chi connectivity index (χ1v) is 11.3. The number of thiazole rings is 1. The van der Waals surface area contributed by atoms with Gasteiger partial charge in [-0.15, -0.1) is 5.10 Å². The zero-order valence-electron chi connectivity index (χ0n) is 17.9. The van der Waals surface area contributed by atoms with Crippen molar-refractivity contribution in [2.45, 2.75) is 13.8 Å². The first-order chi connectivity index (χ1) is 15.4. The molecule has 0 unspecified atom stereocenters. The Labute approximate surface area is 194 Å². The van der Waals surface area contributed by atoms with Gasteiger partial charge in [0, 0.05) is 5.02 Å². The molecule has 0 N–H and O–H groups in total. The van der Waals surface area contributed by atoms with Gasteiger partial charge in [-0.2, -0.15) is 9.50 Å². The number of hydrogen-bond acceptors (Lipinski definition) is 6. The summed E-state index contributed by atoms with van der Waals surface area (Å²) in [6.07, 6.45) is 5.45. The van der Waals surface area contributed by atoms with Gasteiger partial charge in [0.05, 0.1) is 18.2 Å². The minimum absolute atomic E-state index is 0.206. The lowest BCUT2D eigenvalue weighted by Gasteiger charge is -2.12. The molecule has 4 rings (SSSR count). The number of rotatable bonds is 7. The number of fused-ring (bicyclic) bond motifs is 1. The first-order valence-electron chi connectivity index (χ1n) is 10.1. The van der Waals surface area contributed by atoms with Crippen LogP contribution in [0, 0.1) is 5.92 Å². The maximum Gasteiger partial charge on any atom is 0.291 e. The van der Waals surface area contributed by atoms with E-state index in [-0.39, 0.29) is 5.56 Å². The Balaban J connectivity index is 1.60. The highest BCUT2D eigenvalue weighted by atomic mass is 35.5. The lowest BCUT2D eigenvalue weighted by atomic mass is 10.2. The third-order valence-corrected chi connectivity index (χ3v) is 5.76. The second kappa shape index (κ2) is 9.54. The van der Waals surface area contributed by atoms with Crippen LogP contribution >= 0.6 is 22.9 Å². The summed E-state index contributed by atoms with van der Waals surface area (Å²) < 4.78 is 13.1. The van der Waals surface area contributed by atoms with Crippen LogP contribution in [0.1, 0.15) is 30.8 Å². The molecule has 0 amide bonds. The largest absolute Gasteiger partial charge is 0.493 e. The van der Waals surface area contributed by atoms with Crippen molar-refractivity contribution >= 4 is 46.1 Å². The Morgan fingerprint density at radius 2 is 1.84 bits per heavy atom. The molecule has 0 bridgehead atoms. The Hall–Kier alpha value is -3.16. The van der Waals surface area contributed by atoms with E-state index in [1.807, 2.05) is 48.5 Å². The van der Waals surface area contributed by atoms with Crippen molar-refractivity contribution in [3.8, 4) is 11.5 Å². The number of halogens is 1. The van der Waals surface area contributed by atoms with Crippen LogP contribution in [0.15, 0.2) is 47.3 Å². The molecule has 0 aliphatic rings. The highest BCUT2D eigenvalue weighted by molar-refractivity contribution is 7.15. The monoisotopic (exact) mass is 467 g/mol. The Kier molecular flexibility index (Phi) is 6.58. The number of ether oxygens (including phenoxy) is 2. The van der Waals surface area contributed by atoms with E-state index in [0.717, 1.165) is 11.1 Å². The molecule has 8 heteroatoms. The molecule has 0 spiro atoms. The van der Waals surface area contributed by atoms with Crippen molar-refractivity contribution in [2.24, 2.45) is 5.92 Å². The van der Waals surface area contributed by atoms with Crippen molar-refractivity contribution in [3.63, 3.8) is 0 Å². The fraction of sp³-hybridized carbons (Fsp3) is 0.208. The molecule has 6 nitrogen and oxygen atoms in total. The summed E-state index contributed by atoms with van der Waals surface area (Å²) in [6, 6.07) is 13.0. The molecule has 0 fully saturated rings. The van der Waals surface area contributed by atoms with Gasteiger partial charge >= 0.3 is 0 Å². The summed E-state index contributed by atoms with van der Waals surface area (Å²) in [7, 11) is 1.60. The fourth-order valence-corrected chi connectivity index (χ4v) is 4.01. The summed E-state index contributed by atoms with van der Waals surface area (Å²) in [4.78, 5) is 17.8. The molecular weight excluding hydrogens is 446 g/mol. The van der Waals surface area contributed by atoms with Gasteiger partial charge < -0.3 is 9.47 Å². The van der Waals surface area contributed by atoms with Crippen molar-refractivity contribution in [1.29, 1.82) is 0 Å². The van der Waals surface area contributed by atoms with Crippen LogP contribution in [0.3, 0.4) is 0 Å². The molecule has 0 radical (unpaired) electrons. The minimum Gasteiger partial charge on any atom is -0.493 e. The molecule has 2 aromatic heterocycles. The standard InChI is InChI=1S/C24H22ClN3O3S/c1-15(2)14-31-19-10-6-17(12-20(19)30-3)13-21-23(29)28-24(32-21)26-22(27-28)11-7-16-4-8-18(25)9-5-16/h4-13,15H,14H2,1-3H3/b11-7+,21-13+. The molecule has 0 aliphatic heterocycles. The van der Waals surface area contributed by atoms with Crippen molar-refractivity contribution < 1.29 is 9.47 Å². The van der Waals surface area contributed by atoms with Gasteiger partial charge in [0.2, 0.25) is 4.96 Å².